The number of Topliss-reactive ketones (excluding diaryl/α,β-unsaturated/α-hetero) is 1. The quantitative estimate of drug-likeness (QED) is 0.671. The summed E-state index contributed by atoms with van der Waals surface area (Å²) >= 11 is 1.40. The molecule has 124 valence electrons. The van der Waals surface area contributed by atoms with E-state index in [1.165, 1.54) is 11.3 Å². The molecule has 1 aliphatic rings. The summed E-state index contributed by atoms with van der Waals surface area (Å²) in [6, 6.07) is 12.2. The fraction of sp³-hybridized carbons (Fsp3) is 0.278. The number of nitrogens with zero attached hydrogens (tertiary/aromatic N) is 1. The second-order valence-electron chi connectivity index (χ2n) is 5.86. The zero-order chi connectivity index (χ0) is 17.3. The van der Waals surface area contributed by atoms with E-state index in [-0.39, 0.29) is 12.3 Å². The van der Waals surface area contributed by atoms with Crippen LogP contribution in [0.2, 0.25) is 0 Å². The van der Waals surface area contributed by atoms with Crippen molar-refractivity contribution in [1.29, 1.82) is 0 Å². The minimum absolute atomic E-state index is 0.222. The third-order valence-electron chi connectivity index (χ3n) is 4.21. The molecule has 0 aliphatic carbocycles. The number of hydrogen-bond donors (Lipinski definition) is 1. The second-order valence-corrected chi connectivity index (χ2v) is 7.02. The fourth-order valence-corrected chi connectivity index (χ4v) is 3.62. The van der Waals surface area contributed by atoms with Crippen molar-refractivity contribution < 1.29 is 14.4 Å². The Morgan fingerprint density at radius 1 is 1.17 bits per heavy atom. The largest absolute Gasteiger partial charge is 0.325 e. The zero-order valence-corrected chi connectivity index (χ0v) is 14.4. The highest BCUT2D eigenvalue weighted by molar-refractivity contribution is 7.14. The van der Waals surface area contributed by atoms with Gasteiger partial charge in [0.05, 0.1) is 11.4 Å². The van der Waals surface area contributed by atoms with Gasteiger partial charge in [0.1, 0.15) is 5.54 Å². The number of imide groups is 1. The number of benzene rings is 1. The Bertz CT molecular complexity index is 800. The number of rotatable bonds is 5. The molecule has 5 nitrogen and oxygen atoms in total. The number of carbonyl (C=O) groups excluding carboxylic acids is 3. The molecule has 2 heterocycles. The summed E-state index contributed by atoms with van der Waals surface area (Å²) in [5.74, 6) is -0.625. The van der Waals surface area contributed by atoms with Crippen molar-refractivity contribution in [3.63, 3.8) is 0 Å². The summed E-state index contributed by atoms with van der Waals surface area (Å²) in [6.45, 7) is 3.44. The number of aryl methyl sites for hydroxylation is 1. The lowest BCUT2D eigenvalue weighted by Crippen LogP contribution is -2.41. The van der Waals surface area contributed by atoms with Gasteiger partial charge in [0.15, 0.2) is 5.78 Å². The minimum Gasteiger partial charge on any atom is -0.319 e. The van der Waals surface area contributed by atoms with Crippen LogP contribution in [0.5, 0.6) is 0 Å². The van der Waals surface area contributed by atoms with Crippen molar-refractivity contribution in [3.05, 3.63) is 57.8 Å². The van der Waals surface area contributed by atoms with Crippen LogP contribution in [0.15, 0.2) is 42.5 Å². The maximum Gasteiger partial charge on any atom is 0.325 e. The summed E-state index contributed by atoms with van der Waals surface area (Å²) in [5.41, 5.74) is -0.439. The van der Waals surface area contributed by atoms with E-state index in [1.54, 1.807) is 25.1 Å². The van der Waals surface area contributed by atoms with Crippen LogP contribution >= 0.6 is 11.3 Å². The predicted octanol–water partition coefficient (Wildman–Crippen LogP) is 2.96. The molecule has 1 saturated heterocycles. The van der Waals surface area contributed by atoms with Crippen molar-refractivity contribution in [2.45, 2.75) is 25.8 Å². The van der Waals surface area contributed by atoms with Gasteiger partial charge in [0.25, 0.3) is 5.91 Å². The Balaban J connectivity index is 1.81. The Labute approximate surface area is 144 Å². The standard InChI is InChI=1S/C18H18N2O3S/c1-3-13-9-10-15(24-13)14(21)11-20-16(22)18(2,19-17(20)23)12-7-5-4-6-8-12/h4-10H,3,11H2,1-2H3,(H,19,23)/t18-/m0/s1. The number of amides is 3. The van der Waals surface area contributed by atoms with E-state index < -0.39 is 17.5 Å². The Morgan fingerprint density at radius 3 is 2.50 bits per heavy atom. The first kappa shape index (κ1) is 16.4. The number of carbonyl (C=O) groups is 3. The van der Waals surface area contributed by atoms with Crippen molar-refractivity contribution in [2.24, 2.45) is 0 Å². The lowest BCUT2D eigenvalue weighted by Gasteiger charge is -2.21. The van der Waals surface area contributed by atoms with Gasteiger partial charge in [0, 0.05) is 4.88 Å². The van der Waals surface area contributed by atoms with Gasteiger partial charge in [0.2, 0.25) is 0 Å². The number of hydrogen-bond acceptors (Lipinski definition) is 4. The summed E-state index contributed by atoms with van der Waals surface area (Å²) in [5, 5.41) is 2.71. The molecule has 1 atom stereocenters. The van der Waals surface area contributed by atoms with Crippen LogP contribution in [0.1, 0.15) is 34.0 Å². The molecule has 3 rings (SSSR count). The van der Waals surface area contributed by atoms with E-state index in [0.717, 1.165) is 16.2 Å². The summed E-state index contributed by atoms with van der Waals surface area (Å²) in [4.78, 5) is 40.1. The molecule has 1 fully saturated rings. The van der Waals surface area contributed by atoms with Gasteiger partial charge < -0.3 is 5.32 Å². The molecule has 6 heteroatoms. The second kappa shape index (κ2) is 6.20. The van der Waals surface area contributed by atoms with Gasteiger partial charge >= 0.3 is 6.03 Å². The van der Waals surface area contributed by atoms with Crippen molar-refractivity contribution in [2.75, 3.05) is 6.54 Å². The van der Waals surface area contributed by atoms with Crippen LogP contribution in [0, 0.1) is 0 Å². The highest BCUT2D eigenvalue weighted by atomic mass is 32.1. The van der Waals surface area contributed by atoms with Gasteiger partial charge in [-0.2, -0.15) is 0 Å². The van der Waals surface area contributed by atoms with Gasteiger partial charge in [-0.15, -0.1) is 11.3 Å². The lowest BCUT2D eigenvalue weighted by atomic mass is 9.92. The van der Waals surface area contributed by atoms with Crippen molar-refractivity contribution >= 4 is 29.1 Å². The smallest absolute Gasteiger partial charge is 0.319 e. The van der Waals surface area contributed by atoms with E-state index in [1.807, 2.05) is 31.2 Å². The number of ketones is 1. The highest BCUT2D eigenvalue weighted by Gasteiger charge is 2.49. The molecule has 3 amide bonds. The normalized spacial score (nSPS) is 20.3. The molecule has 0 saturated carbocycles. The van der Waals surface area contributed by atoms with Gasteiger partial charge in [-0.25, -0.2) is 4.79 Å². The van der Waals surface area contributed by atoms with E-state index in [9.17, 15) is 14.4 Å². The maximum absolute atomic E-state index is 12.8. The van der Waals surface area contributed by atoms with Crippen LogP contribution in [0.4, 0.5) is 4.79 Å². The Kier molecular flexibility index (Phi) is 4.24. The van der Waals surface area contributed by atoms with Crippen LogP contribution in [0.25, 0.3) is 0 Å². The van der Waals surface area contributed by atoms with Crippen molar-refractivity contribution in [1.82, 2.24) is 10.2 Å². The van der Waals surface area contributed by atoms with Crippen LogP contribution in [-0.4, -0.2) is 29.2 Å². The van der Waals surface area contributed by atoms with Crippen LogP contribution < -0.4 is 5.32 Å². The van der Waals surface area contributed by atoms with Gasteiger partial charge in [-0.1, -0.05) is 37.3 Å². The third kappa shape index (κ3) is 2.73. The molecule has 1 aromatic carbocycles. The van der Waals surface area contributed by atoms with Gasteiger partial charge in [-0.05, 0) is 31.0 Å². The van der Waals surface area contributed by atoms with Gasteiger partial charge in [-0.3, -0.25) is 14.5 Å². The molecular formula is C18H18N2O3S. The van der Waals surface area contributed by atoms with Crippen molar-refractivity contribution in [3.8, 4) is 0 Å². The highest BCUT2D eigenvalue weighted by Crippen LogP contribution is 2.29. The molecule has 0 radical (unpaired) electrons. The number of nitrogens with one attached hydrogen (secondary N) is 1. The topological polar surface area (TPSA) is 66.5 Å². The fourth-order valence-electron chi connectivity index (χ4n) is 2.75. The molecule has 1 aliphatic heterocycles. The molecule has 2 aromatic rings. The first-order valence-corrected chi connectivity index (χ1v) is 8.59. The first-order chi connectivity index (χ1) is 11.5. The Morgan fingerprint density at radius 2 is 1.88 bits per heavy atom. The average molecular weight is 342 g/mol. The molecule has 0 bridgehead atoms. The molecule has 0 unspecified atom stereocenters. The minimum atomic E-state index is -1.14. The van der Waals surface area contributed by atoms with E-state index >= 15 is 0 Å². The maximum atomic E-state index is 12.8. The summed E-state index contributed by atoms with van der Waals surface area (Å²) in [7, 11) is 0. The molecule has 0 spiro atoms. The molecule has 24 heavy (non-hydrogen) atoms. The predicted molar refractivity (Wildman–Crippen MR) is 92.1 cm³/mol. The van der Waals surface area contributed by atoms with E-state index in [0.29, 0.717) is 10.4 Å². The Hall–Kier alpha value is -2.47. The molecular weight excluding hydrogens is 324 g/mol. The average Bonchev–Trinajstić information content (AvgIpc) is 3.15. The summed E-state index contributed by atoms with van der Waals surface area (Å²) in [6.07, 6.45) is 0.854. The van der Waals surface area contributed by atoms with E-state index in [4.69, 9.17) is 0 Å². The zero-order valence-electron chi connectivity index (χ0n) is 13.5. The SMILES string of the molecule is CCc1ccc(C(=O)CN2C(=O)N[C@@](C)(c3ccccc3)C2=O)s1. The van der Waals surface area contributed by atoms with E-state index in [2.05, 4.69) is 5.32 Å². The van der Waals surface area contributed by atoms with Crippen LogP contribution in [0.3, 0.4) is 0 Å². The monoisotopic (exact) mass is 342 g/mol. The summed E-state index contributed by atoms with van der Waals surface area (Å²) < 4.78 is 0. The molecule has 1 N–H and O–H groups in total. The number of urea groups is 1. The number of thiophene rings is 1. The lowest BCUT2D eigenvalue weighted by molar-refractivity contribution is -0.130. The molecule has 1 aromatic heterocycles. The third-order valence-corrected chi connectivity index (χ3v) is 5.48. The first-order valence-electron chi connectivity index (χ1n) is 7.77. The van der Waals surface area contributed by atoms with Crippen LogP contribution in [-0.2, 0) is 16.8 Å².